The Bertz CT molecular complexity index is 407. The molecule has 0 aliphatic rings. The molecule has 0 aromatic heterocycles. The van der Waals surface area contributed by atoms with Gasteiger partial charge in [-0.3, -0.25) is 4.79 Å². The van der Waals surface area contributed by atoms with Gasteiger partial charge in [0.25, 0.3) is 0 Å². The predicted molar refractivity (Wildman–Crippen MR) is 107 cm³/mol. The van der Waals surface area contributed by atoms with Gasteiger partial charge >= 0.3 is 5.97 Å². The van der Waals surface area contributed by atoms with Crippen LogP contribution in [0.2, 0.25) is 18.1 Å². The first kappa shape index (κ1) is 24.6. The highest BCUT2D eigenvalue weighted by Gasteiger charge is 2.40. The zero-order chi connectivity index (χ0) is 20.1. The third kappa shape index (κ3) is 8.69. The highest BCUT2D eigenvalue weighted by atomic mass is 28.4. The molecule has 5 heteroatoms. The Hall–Kier alpha value is -0.393. The zero-order valence-electron chi connectivity index (χ0n) is 18.2. The summed E-state index contributed by atoms with van der Waals surface area (Å²) < 4.78 is 12.0. The molecule has 150 valence electrons. The summed E-state index contributed by atoms with van der Waals surface area (Å²) in [6.07, 6.45) is 2.44. The Morgan fingerprint density at radius 3 is 2.00 bits per heavy atom. The highest BCUT2D eigenvalue weighted by Crippen LogP contribution is 2.38. The molecular weight excluding hydrogens is 332 g/mol. The summed E-state index contributed by atoms with van der Waals surface area (Å²) in [5.74, 6) is -0.164. The maximum atomic E-state index is 11.9. The molecular formula is C20H42O4Si. The fraction of sp³-hybridized carbons (Fsp3) is 0.950. The average Bonchev–Trinajstić information content (AvgIpc) is 2.42. The number of hydrogen-bond acceptors (Lipinski definition) is 4. The lowest BCUT2D eigenvalue weighted by atomic mass is 9.97. The molecule has 0 aliphatic carbocycles. The van der Waals surface area contributed by atoms with Crippen LogP contribution in [0.25, 0.3) is 0 Å². The minimum Gasteiger partial charge on any atom is -0.462 e. The van der Waals surface area contributed by atoms with E-state index < -0.39 is 19.8 Å². The normalized spacial score (nSPS) is 17.1. The summed E-state index contributed by atoms with van der Waals surface area (Å²) in [7, 11) is -1.92. The lowest BCUT2D eigenvalue weighted by Crippen LogP contribution is -2.47. The topological polar surface area (TPSA) is 55.8 Å². The van der Waals surface area contributed by atoms with E-state index in [9.17, 15) is 9.90 Å². The molecule has 0 rings (SSSR count). The minimum atomic E-state index is -1.92. The van der Waals surface area contributed by atoms with E-state index in [1.54, 1.807) is 0 Å². The Labute approximate surface area is 156 Å². The van der Waals surface area contributed by atoms with E-state index in [1.165, 1.54) is 0 Å². The molecule has 25 heavy (non-hydrogen) atoms. The molecule has 0 aliphatic heterocycles. The van der Waals surface area contributed by atoms with Gasteiger partial charge in [-0.1, -0.05) is 27.7 Å². The van der Waals surface area contributed by atoms with Gasteiger partial charge in [0.05, 0.1) is 23.7 Å². The summed E-state index contributed by atoms with van der Waals surface area (Å²) in [6.45, 7) is 20.6. The van der Waals surface area contributed by atoms with Crippen molar-refractivity contribution in [3.05, 3.63) is 0 Å². The quantitative estimate of drug-likeness (QED) is 0.440. The van der Waals surface area contributed by atoms with Crippen LogP contribution in [-0.2, 0) is 14.0 Å². The van der Waals surface area contributed by atoms with Gasteiger partial charge in [-0.2, -0.15) is 0 Å². The molecule has 0 aromatic rings. The molecule has 0 bridgehead atoms. The number of rotatable bonds is 9. The Balaban J connectivity index is 4.64. The Morgan fingerprint density at radius 1 is 1.08 bits per heavy atom. The summed E-state index contributed by atoms with van der Waals surface area (Å²) in [5.41, 5.74) is -0.472. The van der Waals surface area contributed by atoms with Crippen molar-refractivity contribution in [3.8, 4) is 0 Å². The fourth-order valence-corrected chi connectivity index (χ4v) is 3.56. The second-order valence-corrected chi connectivity index (χ2v) is 14.5. The largest absolute Gasteiger partial charge is 0.462 e. The van der Waals surface area contributed by atoms with Gasteiger partial charge in [-0.25, -0.2) is 0 Å². The van der Waals surface area contributed by atoms with Crippen LogP contribution in [0.4, 0.5) is 0 Å². The van der Waals surface area contributed by atoms with Crippen LogP contribution < -0.4 is 0 Å². The van der Waals surface area contributed by atoms with Gasteiger partial charge in [0.15, 0.2) is 8.32 Å². The summed E-state index contributed by atoms with van der Waals surface area (Å²) in [4.78, 5) is 11.9. The molecule has 0 saturated heterocycles. The molecule has 0 spiro atoms. The van der Waals surface area contributed by atoms with Crippen molar-refractivity contribution in [1.82, 2.24) is 0 Å². The molecule has 0 radical (unpaired) electrons. The van der Waals surface area contributed by atoms with E-state index in [0.717, 1.165) is 19.3 Å². The Kier molecular flexibility index (Phi) is 9.37. The lowest BCUT2D eigenvalue weighted by molar-refractivity contribution is -0.158. The van der Waals surface area contributed by atoms with Crippen LogP contribution in [0, 0.1) is 5.41 Å². The molecule has 0 fully saturated rings. The van der Waals surface area contributed by atoms with Crippen molar-refractivity contribution in [2.24, 2.45) is 5.41 Å². The fourth-order valence-electron chi connectivity index (χ4n) is 2.17. The van der Waals surface area contributed by atoms with E-state index in [0.29, 0.717) is 6.42 Å². The van der Waals surface area contributed by atoms with Gasteiger partial charge in [-0.15, -0.1) is 0 Å². The van der Waals surface area contributed by atoms with Gasteiger partial charge in [0.1, 0.15) is 0 Å². The van der Waals surface area contributed by atoms with Crippen molar-refractivity contribution in [1.29, 1.82) is 0 Å². The number of esters is 1. The number of aliphatic hydroxyl groups is 1. The summed E-state index contributed by atoms with van der Waals surface area (Å²) in [6, 6.07) is 0. The van der Waals surface area contributed by atoms with E-state index in [4.69, 9.17) is 9.16 Å². The minimum absolute atomic E-state index is 0.112. The second kappa shape index (κ2) is 9.52. The molecule has 4 nitrogen and oxygen atoms in total. The van der Waals surface area contributed by atoms with Crippen LogP contribution in [0.5, 0.6) is 0 Å². The monoisotopic (exact) mass is 374 g/mol. The van der Waals surface area contributed by atoms with E-state index in [1.807, 2.05) is 34.6 Å². The first-order chi connectivity index (χ1) is 11.1. The van der Waals surface area contributed by atoms with Crippen LogP contribution in [0.1, 0.15) is 81.1 Å². The first-order valence-corrected chi connectivity index (χ1v) is 12.6. The molecule has 0 aromatic carbocycles. The molecule has 0 heterocycles. The Morgan fingerprint density at radius 2 is 1.60 bits per heavy atom. The number of hydrogen-bond donors (Lipinski definition) is 1. The SMILES string of the molecule is CC[C@H](O)[C@H](CCCC(C)OC(=O)C(C)(C)C)O[Si](C)(C)C(C)(C)C. The molecule has 3 atom stereocenters. The maximum Gasteiger partial charge on any atom is 0.311 e. The van der Waals surface area contributed by atoms with Crippen molar-refractivity contribution >= 4 is 14.3 Å². The van der Waals surface area contributed by atoms with Crippen molar-refractivity contribution in [3.63, 3.8) is 0 Å². The summed E-state index contributed by atoms with van der Waals surface area (Å²) >= 11 is 0. The molecule has 0 amide bonds. The molecule has 0 saturated carbocycles. The van der Waals surface area contributed by atoms with Gasteiger partial charge in [-0.05, 0) is 71.5 Å². The van der Waals surface area contributed by atoms with Crippen LogP contribution >= 0.6 is 0 Å². The molecule has 1 N–H and O–H groups in total. The third-order valence-electron chi connectivity index (χ3n) is 5.12. The van der Waals surface area contributed by atoms with Crippen molar-refractivity contribution in [2.75, 3.05) is 0 Å². The smallest absolute Gasteiger partial charge is 0.311 e. The average molecular weight is 375 g/mol. The zero-order valence-corrected chi connectivity index (χ0v) is 19.2. The van der Waals surface area contributed by atoms with Crippen LogP contribution in [-0.4, -0.2) is 37.7 Å². The number of aliphatic hydroxyl groups excluding tert-OH is 1. The number of carbonyl (C=O) groups excluding carboxylic acids is 1. The van der Waals surface area contributed by atoms with Gasteiger partial charge in [0, 0.05) is 0 Å². The van der Waals surface area contributed by atoms with Gasteiger partial charge in [0.2, 0.25) is 0 Å². The van der Waals surface area contributed by atoms with Crippen LogP contribution in [0.3, 0.4) is 0 Å². The van der Waals surface area contributed by atoms with Crippen molar-refractivity contribution < 1.29 is 19.1 Å². The highest BCUT2D eigenvalue weighted by molar-refractivity contribution is 6.74. The number of ether oxygens (including phenoxy) is 1. The predicted octanol–water partition coefficient (Wildman–Crippen LogP) is 5.30. The van der Waals surface area contributed by atoms with E-state index in [-0.39, 0.29) is 23.2 Å². The number of carbonyl (C=O) groups is 1. The standard InChI is InChI=1S/C20H42O4Si/c1-11-16(21)17(24-25(9,10)20(6,7)8)14-12-13-15(2)23-18(22)19(3,4)5/h15-17,21H,11-14H2,1-10H3/t15?,16-,17-/m0/s1. The maximum absolute atomic E-state index is 11.9. The van der Waals surface area contributed by atoms with E-state index in [2.05, 4.69) is 33.9 Å². The first-order valence-electron chi connectivity index (χ1n) is 9.68. The summed E-state index contributed by atoms with van der Waals surface area (Å²) in [5, 5.41) is 10.5. The lowest BCUT2D eigenvalue weighted by Gasteiger charge is -2.40. The van der Waals surface area contributed by atoms with Crippen molar-refractivity contribution in [2.45, 2.75) is 118 Å². The third-order valence-corrected chi connectivity index (χ3v) is 9.62. The van der Waals surface area contributed by atoms with Crippen LogP contribution in [0.15, 0.2) is 0 Å². The molecule has 1 unspecified atom stereocenters. The second-order valence-electron chi connectivity index (χ2n) is 9.79. The van der Waals surface area contributed by atoms with E-state index >= 15 is 0 Å². The van der Waals surface area contributed by atoms with Gasteiger partial charge < -0.3 is 14.3 Å².